The van der Waals surface area contributed by atoms with Crippen LogP contribution >= 0.6 is 0 Å². The summed E-state index contributed by atoms with van der Waals surface area (Å²) in [4.78, 5) is 96.7. The average molecular weight is 705 g/mol. The fraction of sp³-hybridized carbons (Fsp3) is 0.355. The quantitative estimate of drug-likeness (QED) is 0.0632. The van der Waals surface area contributed by atoms with Gasteiger partial charge in [-0.3, -0.25) is 48.3 Å². The zero-order valence-electron chi connectivity index (χ0n) is 26.5. The predicted octanol–water partition coefficient (Wildman–Crippen LogP) is -1.19. The fourth-order valence-corrected chi connectivity index (χ4v) is 4.70. The van der Waals surface area contributed by atoms with Gasteiger partial charge in [0.05, 0.1) is 50.9 Å². The van der Waals surface area contributed by atoms with E-state index in [1.807, 2.05) is 0 Å². The van der Waals surface area contributed by atoms with Gasteiger partial charge in [0, 0.05) is 19.6 Å². The number of carbonyl (C=O) groups excluding carboxylic acids is 2. The molecule has 0 radical (unpaired) electrons. The summed E-state index contributed by atoms with van der Waals surface area (Å²) in [5.41, 5.74) is 1.01. The van der Waals surface area contributed by atoms with Crippen molar-refractivity contribution in [1.82, 2.24) is 20.0 Å². The molecule has 0 aliphatic carbocycles. The number of aliphatic carboxylic acids is 6. The van der Waals surface area contributed by atoms with E-state index in [9.17, 15) is 53.7 Å². The molecule has 0 saturated carbocycles. The standard InChI is InChI=1S/C31H36N4O15/c36-23(31(48)49)11-32-30(47)22-10-20(19-4-2-1-3-5-19)6-7-24(22)50-18-21(35(16-28(43)44)17-29(45)46)12-33(13-25(37)38)8-9-34(14-26(39)40)15-27(41)42/h1-7,10,21H,8-9,11-18H2,(H,32,47)(H,37,38)(H,39,40)(H,41,42)(H,43,44)(H,45,46)(H,48,49). The Labute approximate surface area is 283 Å². The smallest absolute Gasteiger partial charge is 0.374 e. The molecule has 0 bridgehead atoms. The minimum atomic E-state index is -1.78. The summed E-state index contributed by atoms with van der Waals surface area (Å²) in [6, 6.07) is 11.8. The van der Waals surface area contributed by atoms with Crippen molar-refractivity contribution in [3.05, 3.63) is 54.1 Å². The molecule has 50 heavy (non-hydrogen) atoms. The number of ether oxygens (including phenoxy) is 1. The van der Waals surface area contributed by atoms with Crippen molar-refractivity contribution in [2.45, 2.75) is 6.04 Å². The Morgan fingerprint density at radius 2 is 1.16 bits per heavy atom. The molecule has 2 aromatic carbocycles. The van der Waals surface area contributed by atoms with Crippen molar-refractivity contribution in [3.8, 4) is 16.9 Å². The molecule has 0 aliphatic heterocycles. The lowest BCUT2D eigenvalue weighted by Gasteiger charge is -2.34. The number of benzene rings is 2. The Morgan fingerprint density at radius 1 is 0.640 bits per heavy atom. The van der Waals surface area contributed by atoms with Gasteiger partial charge in [-0.05, 0) is 23.3 Å². The van der Waals surface area contributed by atoms with Crippen LogP contribution in [0.4, 0.5) is 0 Å². The summed E-state index contributed by atoms with van der Waals surface area (Å²) in [5.74, 6) is -11.1. The number of hydrogen-bond acceptors (Lipinski definition) is 12. The summed E-state index contributed by atoms with van der Waals surface area (Å²) in [6.07, 6.45) is 0. The molecule has 0 aliphatic rings. The van der Waals surface area contributed by atoms with Crippen LogP contribution in [0, 0.1) is 0 Å². The van der Waals surface area contributed by atoms with Gasteiger partial charge in [-0.15, -0.1) is 0 Å². The number of Topliss-reactive ketones (excluding diaryl/α,β-unsaturated/α-hetero) is 1. The molecule has 7 N–H and O–H groups in total. The van der Waals surface area contributed by atoms with Crippen LogP contribution in [0.3, 0.4) is 0 Å². The van der Waals surface area contributed by atoms with Gasteiger partial charge >= 0.3 is 35.8 Å². The van der Waals surface area contributed by atoms with Crippen molar-refractivity contribution in [1.29, 1.82) is 0 Å². The van der Waals surface area contributed by atoms with E-state index in [-0.39, 0.29) is 30.9 Å². The second kappa shape index (κ2) is 19.8. The van der Waals surface area contributed by atoms with E-state index in [4.69, 9.17) is 20.1 Å². The third-order valence-electron chi connectivity index (χ3n) is 6.88. The van der Waals surface area contributed by atoms with E-state index in [2.05, 4.69) is 5.32 Å². The van der Waals surface area contributed by atoms with Crippen molar-refractivity contribution >= 4 is 47.5 Å². The van der Waals surface area contributed by atoms with Gasteiger partial charge in [-0.25, -0.2) is 4.79 Å². The van der Waals surface area contributed by atoms with Crippen molar-refractivity contribution in [3.63, 3.8) is 0 Å². The van der Waals surface area contributed by atoms with E-state index in [0.29, 0.717) is 11.1 Å². The molecule has 1 unspecified atom stereocenters. The van der Waals surface area contributed by atoms with Crippen LogP contribution in [0.5, 0.6) is 5.75 Å². The van der Waals surface area contributed by atoms with Crippen LogP contribution in [0.2, 0.25) is 0 Å². The van der Waals surface area contributed by atoms with Gasteiger partial charge in [-0.2, -0.15) is 0 Å². The van der Waals surface area contributed by atoms with Crippen LogP contribution in [-0.2, 0) is 33.6 Å². The largest absolute Gasteiger partial charge is 0.491 e. The molecule has 19 nitrogen and oxygen atoms in total. The number of carbonyl (C=O) groups is 8. The first-order valence-corrected chi connectivity index (χ1v) is 14.7. The van der Waals surface area contributed by atoms with E-state index in [1.54, 1.807) is 36.4 Å². The third kappa shape index (κ3) is 14.5. The molecule has 0 spiro atoms. The summed E-state index contributed by atoms with van der Waals surface area (Å²) < 4.78 is 5.92. The van der Waals surface area contributed by atoms with Crippen LogP contribution in [-0.4, -0.2) is 164 Å². The lowest BCUT2D eigenvalue weighted by Crippen LogP contribution is -2.52. The average Bonchev–Trinajstić information content (AvgIpc) is 3.02. The lowest BCUT2D eigenvalue weighted by molar-refractivity contribution is -0.148. The number of rotatable bonds is 24. The normalized spacial score (nSPS) is 11.6. The number of nitrogens with one attached hydrogen (secondary N) is 1. The molecule has 2 rings (SSSR count). The number of carboxylic acid groups (broad SMARTS) is 6. The van der Waals surface area contributed by atoms with E-state index in [1.165, 1.54) is 17.0 Å². The highest BCUT2D eigenvalue weighted by molar-refractivity contribution is 6.34. The minimum absolute atomic E-state index is 0.139. The molecule has 0 saturated heterocycles. The Morgan fingerprint density at radius 3 is 1.68 bits per heavy atom. The minimum Gasteiger partial charge on any atom is -0.491 e. The topological polar surface area (TPSA) is 289 Å². The highest BCUT2D eigenvalue weighted by atomic mass is 16.5. The Kier molecular flexibility index (Phi) is 15.9. The zero-order valence-corrected chi connectivity index (χ0v) is 26.5. The first kappa shape index (κ1) is 40.3. The molecule has 0 heterocycles. The highest BCUT2D eigenvalue weighted by Gasteiger charge is 2.28. The van der Waals surface area contributed by atoms with Crippen LogP contribution in [0.15, 0.2) is 48.5 Å². The van der Waals surface area contributed by atoms with Crippen molar-refractivity contribution < 1.29 is 73.7 Å². The number of nitrogens with zero attached hydrogens (tertiary/aromatic N) is 3. The summed E-state index contributed by atoms with van der Waals surface area (Å²) in [5, 5.41) is 58.0. The number of ketones is 1. The maximum absolute atomic E-state index is 13.2. The second-order valence-corrected chi connectivity index (χ2v) is 10.8. The highest BCUT2D eigenvalue weighted by Crippen LogP contribution is 2.27. The van der Waals surface area contributed by atoms with Crippen LogP contribution in [0.25, 0.3) is 11.1 Å². The predicted molar refractivity (Wildman–Crippen MR) is 169 cm³/mol. The summed E-state index contributed by atoms with van der Waals surface area (Å²) in [7, 11) is 0. The summed E-state index contributed by atoms with van der Waals surface area (Å²) >= 11 is 0. The van der Waals surface area contributed by atoms with Crippen molar-refractivity contribution in [2.24, 2.45) is 0 Å². The molecule has 19 heteroatoms. The molecule has 1 amide bonds. The maximum Gasteiger partial charge on any atom is 0.374 e. The molecule has 0 aromatic heterocycles. The first-order valence-electron chi connectivity index (χ1n) is 14.7. The second-order valence-electron chi connectivity index (χ2n) is 10.8. The molecular formula is C31H36N4O15. The molecule has 0 fully saturated rings. The summed E-state index contributed by atoms with van der Waals surface area (Å²) in [6.45, 7) is -6.03. The molecule has 2 aromatic rings. The molecule has 1 atom stereocenters. The molecule has 270 valence electrons. The maximum atomic E-state index is 13.2. The Balaban J connectivity index is 2.49. The van der Waals surface area contributed by atoms with E-state index in [0.717, 1.165) is 9.80 Å². The van der Waals surface area contributed by atoms with Crippen LogP contribution < -0.4 is 10.1 Å². The van der Waals surface area contributed by atoms with Gasteiger partial charge in [0.1, 0.15) is 12.4 Å². The number of amides is 1. The van der Waals surface area contributed by atoms with Gasteiger partial charge in [-0.1, -0.05) is 36.4 Å². The third-order valence-corrected chi connectivity index (χ3v) is 6.88. The monoisotopic (exact) mass is 704 g/mol. The van der Waals surface area contributed by atoms with Crippen molar-refractivity contribution in [2.75, 3.05) is 65.5 Å². The lowest BCUT2D eigenvalue weighted by atomic mass is 10.0. The van der Waals surface area contributed by atoms with Crippen LogP contribution in [0.1, 0.15) is 10.4 Å². The zero-order chi connectivity index (χ0) is 37.4. The van der Waals surface area contributed by atoms with Gasteiger partial charge in [0.25, 0.3) is 11.7 Å². The number of hydrogen-bond donors (Lipinski definition) is 7. The van der Waals surface area contributed by atoms with Gasteiger partial charge in [0.15, 0.2) is 0 Å². The van der Waals surface area contributed by atoms with Gasteiger partial charge in [0.2, 0.25) is 0 Å². The molecular weight excluding hydrogens is 668 g/mol. The fourth-order valence-electron chi connectivity index (χ4n) is 4.70. The number of carboxylic acids is 6. The first-order chi connectivity index (χ1) is 23.5. The Bertz CT molecular complexity index is 1530. The van der Waals surface area contributed by atoms with Gasteiger partial charge < -0.3 is 40.7 Å². The SMILES string of the molecule is O=C(O)CN(CCN(CC(=O)O)CC(COc1ccc(-c2ccccc2)cc1C(=O)NCC(=O)C(=O)O)N(CC(=O)O)CC(=O)O)CC(=O)O. The Hall–Kier alpha value is -5.92. The van der Waals surface area contributed by atoms with E-state index >= 15 is 0 Å². The van der Waals surface area contributed by atoms with E-state index < -0.39 is 99.4 Å².